The molecule has 1 aliphatic heterocycles. The maximum absolute atomic E-state index is 10.6. The van der Waals surface area contributed by atoms with Crippen LogP contribution in [0.1, 0.15) is 46.0 Å². The molecule has 0 amide bonds. The third-order valence-corrected chi connectivity index (χ3v) is 4.11. The highest BCUT2D eigenvalue weighted by Crippen LogP contribution is 2.41. The Hall–Kier alpha value is -0.160. The van der Waals surface area contributed by atoms with Gasteiger partial charge in [-0.3, -0.25) is 0 Å². The van der Waals surface area contributed by atoms with Gasteiger partial charge in [-0.15, -0.1) is 0 Å². The van der Waals surface area contributed by atoms with Gasteiger partial charge >= 0.3 is 0 Å². The van der Waals surface area contributed by atoms with Gasteiger partial charge in [-0.25, -0.2) is 0 Å². The lowest BCUT2D eigenvalue weighted by molar-refractivity contribution is -0.205. The van der Waals surface area contributed by atoms with E-state index in [9.17, 15) is 5.11 Å². The summed E-state index contributed by atoms with van der Waals surface area (Å²) in [6, 6.07) is -0.138. The van der Waals surface area contributed by atoms with Crippen LogP contribution in [0, 0.1) is 5.92 Å². The van der Waals surface area contributed by atoms with E-state index in [1.165, 1.54) is 0 Å². The van der Waals surface area contributed by atoms with Gasteiger partial charge in [0.05, 0.1) is 18.8 Å². The average Bonchev–Trinajstić information content (AvgIpc) is 2.71. The Morgan fingerprint density at radius 3 is 2.12 bits per heavy atom. The highest BCUT2D eigenvalue weighted by atomic mass is 16.7. The molecule has 1 aliphatic carbocycles. The molecule has 1 unspecified atom stereocenters. The van der Waals surface area contributed by atoms with E-state index >= 15 is 0 Å². The van der Waals surface area contributed by atoms with Crippen molar-refractivity contribution in [3.63, 3.8) is 0 Å². The lowest BCUT2D eigenvalue weighted by Crippen LogP contribution is -2.54. The Balaban J connectivity index is 1.92. The predicted molar refractivity (Wildman–Crippen MR) is 65.5 cm³/mol. The molecule has 2 aliphatic rings. The highest BCUT2D eigenvalue weighted by Gasteiger charge is 2.47. The Morgan fingerprint density at radius 2 is 1.65 bits per heavy atom. The molecule has 3 N–H and O–H groups in total. The van der Waals surface area contributed by atoms with Crippen LogP contribution in [0.25, 0.3) is 0 Å². The van der Waals surface area contributed by atoms with E-state index in [4.69, 9.17) is 15.2 Å². The molecule has 0 aromatic carbocycles. The van der Waals surface area contributed by atoms with Crippen LogP contribution >= 0.6 is 0 Å². The molecule has 0 aromatic heterocycles. The number of aliphatic hydroxyl groups is 1. The van der Waals surface area contributed by atoms with E-state index in [-0.39, 0.29) is 6.04 Å². The molecule has 2 fully saturated rings. The van der Waals surface area contributed by atoms with Crippen molar-refractivity contribution in [2.45, 2.75) is 63.4 Å². The summed E-state index contributed by atoms with van der Waals surface area (Å²) in [4.78, 5) is 0. The molecule has 1 heterocycles. The van der Waals surface area contributed by atoms with Crippen LogP contribution in [0.5, 0.6) is 0 Å². The van der Waals surface area contributed by atoms with Gasteiger partial charge in [-0.2, -0.15) is 0 Å². The lowest BCUT2D eigenvalue weighted by atomic mass is 9.75. The van der Waals surface area contributed by atoms with Gasteiger partial charge in [0.15, 0.2) is 5.79 Å². The van der Waals surface area contributed by atoms with Crippen molar-refractivity contribution < 1.29 is 14.6 Å². The van der Waals surface area contributed by atoms with E-state index < -0.39 is 11.4 Å². The zero-order valence-electron chi connectivity index (χ0n) is 10.9. The molecular formula is C13H25NO3. The van der Waals surface area contributed by atoms with Crippen LogP contribution < -0.4 is 5.73 Å². The van der Waals surface area contributed by atoms with Gasteiger partial charge < -0.3 is 20.3 Å². The topological polar surface area (TPSA) is 64.7 Å². The minimum absolute atomic E-state index is 0.138. The smallest absolute Gasteiger partial charge is 0.168 e. The Kier molecular flexibility index (Phi) is 3.78. The molecule has 1 saturated carbocycles. The second-order valence-electron chi connectivity index (χ2n) is 5.95. The van der Waals surface area contributed by atoms with Crippen LogP contribution in [0.3, 0.4) is 0 Å². The zero-order chi connectivity index (χ0) is 12.5. The fraction of sp³-hybridized carbons (Fsp3) is 1.00. The monoisotopic (exact) mass is 243 g/mol. The first-order valence-corrected chi connectivity index (χ1v) is 6.72. The molecule has 2 rings (SSSR count). The summed E-state index contributed by atoms with van der Waals surface area (Å²) in [5.74, 6) is 0.105. The number of rotatable bonds is 3. The highest BCUT2D eigenvalue weighted by molar-refractivity contribution is 4.97. The van der Waals surface area contributed by atoms with Gasteiger partial charge in [0, 0.05) is 18.9 Å². The number of ether oxygens (including phenoxy) is 2. The maximum atomic E-state index is 10.6. The third-order valence-electron chi connectivity index (χ3n) is 4.11. The second-order valence-corrected chi connectivity index (χ2v) is 5.95. The number of hydrogen-bond acceptors (Lipinski definition) is 4. The summed E-state index contributed by atoms with van der Waals surface area (Å²) in [5, 5.41) is 10.6. The van der Waals surface area contributed by atoms with Crippen LogP contribution in [0.4, 0.5) is 0 Å². The standard InChI is InChI=1S/C13H25NO3/c1-10(2)9-11(14)12(15)3-5-13(6-4-12)16-7-8-17-13/h10-11,15H,3-9,14H2,1-2H3. The van der Waals surface area contributed by atoms with Gasteiger partial charge in [0.1, 0.15) is 0 Å². The van der Waals surface area contributed by atoms with Crippen molar-refractivity contribution >= 4 is 0 Å². The third kappa shape index (κ3) is 2.81. The average molecular weight is 243 g/mol. The first kappa shape index (κ1) is 13.3. The maximum Gasteiger partial charge on any atom is 0.168 e. The molecule has 0 radical (unpaired) electrons. The molecule has 4 heteroatoms. The van der Waals surface area contributed by atoms with Gasteiger partial charge in [-0.1, -0.05) is 13.8 Å². The summed E-state index contributed by atoms with van der Waals surface area (Å²) in [6.07, 6.45) is 3.75. The fourth-order valence-corrected chi connectivity index (χ4v) is 2.95. The molecule has 1 saturated heterocycles. The van der Waals surface area contributed by atoms with Crippen molar-refractivity contribution in [3.8, 4) is 0 Å². The van der Waals surface area contributed by atoms with Gasteiger partial charge in [0.2, 0.25) is 0 Å². The minimum atomic E-state index is -0.731. The largest absolute Gasteiger partial charge is 0.388 e. The van der Waals surface area contributed by atoms with Crippen LogP contribution in [-0.4, -0.2) is 35.8 Å². The molecular weight excluding hydrogens is 218 g/mol. The molecule has 17 heavy (non-hydrogen) atoms. The number of nitrogens with two attached hydrogens (primary N) is 1. The Labute approximate surface area is 103 Å². The van der Waals surface area contributed by atoms with Gasteiger partial charge in [-0.05, 0) is 25.2 Å². The molecule has 1 spiro atoms. The van der Waals surface area contributed by atoms with Crippen molar-refractivity contribution in [1.82, 2.24) is 0 Å². The van der Waals surface area contributed by atoms with E-state index in [0.717, 1.165) is 19.3 Å². The van der Waals surface area contributed by atoms with E-state index in [1.54, 1.807) is 0 Å². The quantitative estimate of drug-likeness (QED) is 0.786. The SMILES string of the molecule is CC(C)CC(N)C1(O)CCC2(CC1)OCCO2. The molecule has 100 valence electrons. The van der Waals surface area contributed by atoms with E-state index in [0.29, 0.717) is 32.0 Å². The molecule has 4 nitrogen and oxygen atoms in total. The van der Waals surface area contributed by atoms with Crippen molar-refractivity contribution in [3.05, 3.63) is 0 Å². The minimum Gasteiger partial charge on any atom is -0.388 e. The van der Waals surface area contributed by atoms with Crippen molar-refractivity contribution in [2.75, 3.05) is 13.2 Å². The summed E-state index contributed by atoms with van der Waals surface area (Å²) in [5.41, 5.74) is 5.41. The Bertz CT molecular complexity index is 251. The Morgan fingerprint density at radius 1 is 1.12 bits per heavy atom. The summed E-state index contributed by atoms with van der Waals surface area (Å²) < 4.78 is 11.3. The van der Waals surface area contributed by atoms with Gasteiger partial charge in [0.25, 0.3) is 0 Å². The molecule has 0 aromatic rings. The van der Waals surface area contributed by atoms with E-state index in [1.807, 2.05) is 0 Å². The van der Waals surface area contributed by atoms with Crippen LogP contribution in [-0.2, 0) is 9.47 Å². The number of hydrogen-bond donors (Lipinski definition) is 2. The molecule has 1 atom stereocenters. The summed E-state index contributed by atoms with van der Waals surface area (Å²) in [7, 11) is 0. The van der Waals surface area contributed by atoms with Crippen molar-refractivity contribution in [2.24, 2.45) is 11.7 Å². The van der Waals surface area contributed by atoms with Crippen LogP contribution in [0.2, 0.25) is 0 Å². The summed E-state index contributed by atoms with van der Waals surface area (Å²) >= 11 is 0. The first-order valence-electron chi connectivity index (χ1n) is 6.72. The normalized spacial score (nSPS) is 28.8. The van der Waals surface area contributed by atoms with Crippen molar-refractivity contribution in [1.29, 1.82) is 0 Å². The van der Waals surface area contributed by atoms with E-state index in [2.05, 4.69) is 13.8 Å². The second kappa shape index (κ2) is 4.84. The summed E-state index contributed by atoms with van der Waals surface area (Å²) in [6.45, 7) is 5.63. The molecule has 0 bridgehead atoms. The first-order chi connectivity index (χ1) is 7.96. The fourth-order valence-electron chi connectivity index (χ4n) is 2.95. The lowest BCUT2D eigenvalue weighted by Gasteiger charge is -2.43. The van der Waals surface area contributed by atoms with Crippen LogP contribution in [0.15, 0.2) is 0 Å². The zero-order valence-corrected chi connectivity index (χ0v) is 10.9. The predicted octanol–water partition coefficient (Wildman–Crippen LogP) is 1.41.